The summed E-state index contributed by atoms with van der Waals surface area (Å²) in [6.45, 7) is 3.15. The van der Waals surface area contributed by atoms with Gasteiger partial charge >= 0.3 is 0 Å². The second kappa shape index (κ2) is 10.9. The molecular weight excluding hydrogens is 569 g/mol. The third-order valence-corrected chi connectivity index (χ3v) is 8.50. The Kier molecular flexibility index (Phi) is 8.47. The molecule has 0 spiro atoms. The minimum atomic E-state index is -3.98. The highest BCUT2D eigenvalue weighted by Gasteiger charge is 2.30. The first-order valence-corrected chi connectivity index (χ1v) is 14.8. The molecule has 1 amide bonds. The zero-order valence-corrected chi connectivity index (χ0v) is 23.2. The molecule has 0 saturated carbocycles. The molecule has 0 aliphatic heterocycles. The number of hydrogen-bond acceptors (Lipinski definition) is 5. The highest BCUT2D eigenvalue weighted by Crippen LogP contribution is 2.30. The van der Waals surface area contributed by atoms with Crippen molar-refractivity contribution in [3.8, 4) is 0 Å². The molecular formula is C23H22Cl3N3O5S2. The lowest BCUT2D eigenvalue weighted by Crippen LogP contribution is -2.45. The molecule has 1 atom stereocenters. The van der Waals surface area contributed by atoms with Gasteiger partial charge in [-0.1, -0.05) is 40.9 Å². The van der Waals surface area contributed by atoms with Crippen LogP contribution in [-0.2, 0) is 24.8 Å². The highest BCUT2D eigenvalue weighted by molar-refractivity contribution is 7.92. The van der Waals surface area contributed by atoms with Gasteiger partial charge in [-0.15, -0.1) is 0 Å². The monoisotopic (exact) mass is 589 g/mol. The van der Waals surface area contributed by atoms with Gasteiger partial charge in [0.15, 0.2) is 0 Å². The molecule has 2 N–H and O–H groups in total. The molecule has 0 radical (unpaired) electrons. The van der Waals surface area contributed by atoms with Crippen LogP contribution < -0.4 is 14.3 Å². The molecule has 36 heavy (non-hydrogen) atoms. The zero-order valence-electron chi connectivity index (χ0n) is 19.3. The van der Waals surface area contributed by atoms with Gasteiger partial charge in [-0.05, 0) is 74.0 Å². The van der Waals surface area contributed by atoms with Crippen molar-refractivity contribution in [2.45, 2.75) is 24.8 Å². The Labute approximate surface area is 225 Å². The number of halogens is 3. The van der Waals surface area contributed by atoms with Gasteiger partial charge < -0.3 is 5.32 Å². The van der Waals surface area contributed by atoms with Crippen molar-refractivity contribution < 1.29 is 21.6 Å². The number of benzene rings is 3. The summed E-state index contributed by atoms with van der Waals surface area (Å²) in [5.74, 6) is -0.624. The van der Waals surface area contributed by atoms with E-state index in [0.717, 1.165) is 10.6 Å². The molecule has 3 rings (SSSR count). The van der Waals surface area contributed by atoms with Crippen molar-refractivity contribution in [3.63, 3.8) is 0 Å². The molecule has 3 aromatic carbocycles. The van der Waals surface area contributed by atoms with Crippen LogP contribution in [0.1, 0.15) is 12.5 Å². The molecule has 0 aromatic heterocycles. The van der Waals surface area contributed by atoms with Crippen molar-refractivity contribution in [2.75, 3.05) is 20.6 Å². The quantitative estimate of drug-likeness (QED) is 0.357. The predicted octanol–water partition coefficient (Wildman–Crippen LogP) is 5.55. The average molecular weight is 591 g/mol. The number of anilines is 3. The first kappa shape index (κ1) is 28.1. The van der Waals surface area contributed by atoms with E-state index < -0.39 is 32.0 Å². The first-order valence-electron chi connectivity index (χ1n) is 10.3. The Morgan fingerprint density at radius 3 is 2.06 bits per heavy atom. The van der Waals surface area contributed by atoms with E-state index in [9.17, 15) is 21.6 Å². The maximum absolute atomic E-state index is 13.0. The van der Waals surface area contributed by atoms with Crippen LogP contribution in [-0.4, -0.2) is 35.0 Å². The second-order valence-corrected chi connectivity index (χ2v) is 12.7. The fourth-order valence-electron chi connectivity index (χ4n) is 3.34. The molecule has 3 aromatic rings. The van der Waals surface area contributed by atoms with Gasteiger partial charge in [-0.25, -0.2) is 16.8 Å². The van der Waals surface area contributed by atoms with Gasteiger partial charge in [-0.3, -0.25) is 13.8 Å². The molecule has 192 valence electrons. The molecule has 0 heterocycles. The van der Waals surface area contributed by atoms with E-state index in [1.165, 1.54) is 55.5 Å². The summed E-state index contributed by atoms with van der Waals surface area (Å²) in [5, 5.41) is 3.43. The first-order chi connectivity index (χ1) is 16.7. The lowest BCUT2D eigenvalue weighted by molar-refractivity contribution is -0.116. The number of hydrogen-bond donors (Lipinski definition) is 2. The van der Waals surface area contributed by atoms with Crippen molar-refractivity contribution in [3.05, 3.63) is 81.3 Å². The summed E-state index contributed by atoms with van der Waals surface area (Å²) in [6.07, 6.45) is 0.997. The number of carbonyl (C=O) groups is 1. The Morgan fingerprint density at radius 1 is 0.889 bits per heavy atom. The number of amides is 1. The van der Waals surface area contributed by atoms with E-state index in [2.05, 4.69) is 10.0 Å². The van der Waals surface area contributed by atoms with Crippen molar-refractivity contribution in [1.29, 1.82) is 0 Å². The van der Waals surface area contributed by atoms with Crippen LogP contribution in [0.4, 0.5) is 17.1 Å². The molecule has 13 heteroatoms. The van der Waals surface area contributed by atoms with Crippen molar-refractivity contribution in [1.82, 2.24) is 0 Å². The third kappa shape index (κ3) is 6.63. The SMILES string of the molecule is Cc1ccc(Cl)cc1N([C@H](C)C(=O)Nc1ccc(S(=O)(=O)Nc2ccc(Cl)cc2Cl)cc1)S(C)(=O)=O. The van der Waals surface area contributed by atoms with Gasteiger partial charge in [0.25, 0.3) is 10.0 Å². The molecule has 8 nitrogen and oxygen atoms in total. The lowest BCUT2D eigenvalue weighted by Gasteiger charge is -2.29. The zero-order chi connectivity index (χ0) is 26.8. The van der Waals surface area contributed by atoms with Crippen molar-refractivity contribution >= 4 is 77.8 Å². The topological polar surface area (TPSA) is 113 Å². The Balaban J connectivity index is 1.80. The standard InChI is InChI=1S/C23H22Cl3N3O5S2/c1-14-4-5-17(25)13-22(14)29(35(3,31)32)15(2)23(30)27-18-7-9-19(10-8-18)36(33,34)28-21-11-6-16(24)12-20(21)26/h4-13,15,28H,1-3H3,(H,27,30)/t15-/m1/s1. The number of aryl methyl sites for hydroxylation is 1. The fraction of sp³-hybridized carbons (Fsp3) is 0.174. The molecule has 0 aliphatic rings. The number of nitrogens with zero attached hydrogens (tertiary/aromatic N) is 1. The summed E-state index contributed by atoms with van der Waals surface area (Å²) in [6, 6.07) is 13.3. The van der Waals surface area contributed by atoms with Gasteiger partial charge in [-0.2, -0.15) is 0 Å². The summed E-state index contributed by atoms with van der Waals surface area (Å²) < 4.78 is 53.9. The number of carbonyl (C=O) groups excluding carboxylic acids is 1. The molecule has 0 aliphatic carbocycles. The van der Waals surface area contributed by atoms with E-state index in [0.29, 0.717) is 15.6 Å². The molecule has 0 saturated heterocycles. The van der Waals surface area contributed by atoms with Gasteiger partial charge in [0.2, 0.25) is 15.9 Å². The number of sulfonamides is 2. The Bertz CT molecular complexity index is 1510. The second-order valence-electron chi connectivity index (χ2n) is 7.91. The maximum Gasteiger partial charge on any atom is 0.261 e. The van der Waals surface area contributed by atoms with Crippen LogP contribution in [0.2, 0.25) is 15.1 Å². The van der Waals surface area contributed by atoms with E-state index >= 15 is 0 Å². The minimum Gasteiger partial charge on any atom is -0.324 e. The lowest BCUT2D eigenvalue weighted by atomic mass is 10.1. The number of nitrogens with one attached hydrogen (secondary N) is 2. The minimum absolute atomic E-state index is 0.0770. The van der Waals surface area contributed by atoms with Crippen LogP contribution in [0.5, 0.6) is 0 Å². The summed E-state index contributed by atoms with van der Waals surface area (Å²) in [4.78, 5) is 12.9. The molecule has 0 bridgehead atoms. The number of rotatable bonds is 8. The highest BCUT2D eigenvalue weighted by atomic mass is 35.5. The van der Waals surface area contributed by atoms with Gasteiger partial charge in [0.1, 0.15) is 6.04 Å². The van der Waals surface area contributed by atoms with E-state index in [4.69, 9.17) is 34.8 Å². The van der Waals surface area contributed by atoms with E-state index in [1.54, 1.807) is 19.1 Å². The predicted molar refractivity (Wildman–Crippen MR) is 145 cm³/mol. The maximum atomic E-state index is 13.0. The fourth-order valence-corrected chi connectivity index (χ4v) is 6.32. The summed E-state index contributed by atoms with van der Waals surface area (Å²) in [5.41, 5.74) is 1.32. The molecule has 0 unspecified atom stereocenters. The van der Waals surface area contributed by atoms with E-state index in [-0.39, 0.29) is 27.0 Å². The third-order valence-electron chi connectivity index (χ3n) is 5.10. The van der Waals surface area contributed by atoms with Crippen LogP contribution in [0.25, 0.3) is 0 Å². The van der Waals surface area contributed by atoms with Crippen LogP contribution in [0.3, 0.4) is 0 Å². The average Bonchev–Trinajstić information content (AvgIpc) is 2.77. The summed E-state index contributed by atoms with van der Waals surface area (Å²) >= 11 is 17.9. The van der Waals surface area contributed by atoms with Crippen LogP contribution in [0, 0.1) is 6.92 Å². The molecule has 0 fully saturated rings. The summed E-state index contributed by atoms with van der Waals surface area (Å²) in [7, 11) is -7.83. The smallest absolute Gasteiger partial charge is 0.261 e. The largest absolute Gasteiger partial charge is 0.324 e. The Hall–Kier alpha value is -2.50. The van der Waals surface area contributed by atoms with Crippen LogP contribution in [0.15, 0.2) is 65.6 Å². The van der Waals surface area contributed by atoms with Crippen molar-refractivity contribution in [2.24, 2.45) is 0 Å². The van der Waals surface area contributed by atoms with Gasteiger partial charge in [0.05, 0.1) is 27.5 Å². The van der Waals surface area contributed by atoms with E-state index in [1.807, 2.05) is 0 Å². The van der Waals surface area contributed by atoms with Crippen LogP contribution >= 0.6 is 34.8 Å². The normalized spacial score (nSPS) is 12.6. The van der Waals surface area contributed by atoms with Gasteiger partial charge in [0, 0.05) is 15.7 Å². The Morgan fingerprint density at radius 2 is 1.47 bits per heavy atom.